The Kier molecular flexibility index (Phi) is 2.77. The minimum absolute atomic E-state index is 6.47. The molecule has 0 aromatic heterocycles. The van der Waals surface area contributed by atoms with E-state index in [9.17, 15) is 39.5 Å². The summed E-state index contributed by atoms with van der Waals surface area (Å²) in [6.45, 7) is 0. The number of halogens is 9. The van der Waals surface area contributed by atoms with Gasteiger partial charge in [0.25, 0.3) is 0 Å². The molecule has 0 amide bonds. The van der Waals surface area contributed by atoms with Gasteiger partial charge in [0.05, 0.1) is 0 Å². The third-order valence-electron chi connectivity index (χ3n) is 1.13. The highest BCUT2D eigenvalue weighted by atomic mass is 19.4. The Labute approximate surface area is 70.1 Å². The third-order valence-corrected chi connectivity index (χ3v) is 1.13. The maximum absolute atomic E-state index is 11.7. The van der Waals surface area contributed by atoms with Gasteiger partial charge in [0.2, 0.25) is 0 Å². The zero-order valence-corrected chi connectivity index (χ0v) is 5.85. The fourth-order valence-corrected chi connectivity index (χ4v) is 0.367. The van der Waals surface area contributed by atoms with Crippen LogP contribution in [0.3, 0.4) is 0 Å². The molecule has 0 saturated carbocycles. The Balaban J connectivity index is 5.30. The van der Waals surface area contributed by atoms with E-state index in [0.717, 1.165) is 0 Å². The molecule has 0 rings (SSSR count). The van der Waals surface area contributed by atoms with Crippen molar-refractivity contribution in [1.29, 1.82) is 0 Å². The van der Waals surface area contributed by atoms with E-state index in [4.69, 9.17) is 5.11 Å². The second-order valence-corrected chi connectivity index (χ2v) is 2.19. The molecular weight excluding hydrogens is 235 g/mol. The number of hydrogen-bond donors (Lipinski definition) is 1. The van der Waals surface area contributed by atoms with Gasteiger partial charge in [-0.1, -0.05) is 0 Å². The second kappa shape index (κ2) is 2.91. The van der Waals surface area contributed by atoms with Crippen molar-refractivity contribution in [3.05, 3.63) is 0 Å². The number of rotatable bonds is 2. The average Bonchev–Trinajstić information content (AvgIpc) is 1.81. The molecule has 10 heteroatoms. The molecule has 0 aliphatic heterocycles. The van der Waals surface area contributed by atoms with Crippen LogP contribution in [0.15, 0.2) is 0 Å². The van der Waals surface area contributed by atoms with Gasteiger partial charge < -0.3 is 5.11 Å². The van der Waals surface area contributed by atoms with E-state index < -0.39 is 24.1 Å². The van der Waals surface area contributed by atoms with E-state index in [1.807, 2.05) is 0 Å². The molecule has 1 nitrogen and oxygen atoms in total. The normalized spacial score (nSPS) is 15.9. The van der Waals surface area contributed by atoms with E-state index >= 15 is 0 Å². The SMILES string of the molecule is OC(F)(F)C(F)(F)C(F)(F)C(F)(F)F. The van der Waals surface area contributed by atoms with Crippen LogP contribution in [0.4, 0.5) is 39.5 Å². The Bertz CT molecular complexity index is 186. The first-order valence-corrected chi connectivity index (χ1v) is 2.67. The maximum Gasteiger partial charge on any atom is 0.460 e. The van der Waals surface area contributed by atoms with Crippen LogP contribution in [0.1, 0.15) is 0 Å². The molecule has 0 aromatic carbocycles. The van der Waals surface area contributed by atoms with Crippen LogP contribution in [0.25, 0.3) is 0 Å². The van der Waals surface area contributed by atoms with Crippen molar-refractivity contribution in [2.24, 2.45) is 0 Å². The fourth-order valence-electron chi connectivity index (χ4n) is 0.367. The summed E-state index contributed by atoms with van der Waals surface area (Å²) in [6.07, 6.45) is -13.4. The fraction of sp³-hybridized carbons (Fsp3) is 1.00. The van der Waals surface area contributed by atoms with Gasteiger partial charge in [-0.25, -0.2) is 0 Å². The molecule has 0 radical (unpaired) electrons. The Morgan fingerprint density at radius 1 is 0.571 bits per heavy atom. The molecule has 1 N–H and O–H groups in total. The molecule has 0 aliphatic carbocycles. The van der Waals surface area contributed by atoms with Crippen molar-refractivity contribution < 1.29 is 44.6 Å². The van der Waals surface area contributed by atoms with Gasteiger partial charge in [0.1, 0.15) is 0 Å². The van der Waals surface area contributed by atoms with Crippen LogP contribution in [0.2, 0.25) is 0 Å². The number of alkyl halides is 9. The van der Waals surface area contributed by atoms with Crippen LogP contribution < -0.4 is 0 Å². The summed E-state index contributed by atoms with van der Waals surface area (Å²) in [6, 6.07) is 0. The molecule has 0 bridgehead atoms. The lowest BCUT2D eigenvalue weighted by Gasteiger charge is -2.30. The van der Waals surface area contributed by atoms with Crippen molar-refractivity contribution in [1.82, 2.24) is 0 Å². The van der Waals surface area contributed by atoms with Gasteiger partial charge in [-0.3, -0.25) is 0 Å². The predicted octanol–water partition coefficient (Wildman–Crippen LogP) is 2.40. The van der Waals surface area contributed by atoms with Crippen LogP contribution >= 0.6 is 0 Å². The van der Waals surface area contributed by atoms with Gasteiger partial charge >= 0.3 is 24.1 Å². The lowest BCUT2D eigenvalue weighted by molar-refractivity contribution is -0.435. The van der Waals surface area contributed by atoms with E-state index in [1.54, 1.807) is 0 Å². The molecule has 86 valence electrons. The van der Waals surface area contributed by atoms with Gasteiger partial charge in [-0.05, 0) is 0 Å². The summed E-state index contributed by atoms with van der Waals surface area (Å²) < 4.78 is 103. The standard InChI is InChI=1S/C4HF9O/c5-1(6,3(9,10)11)2(7,8)4(12,13)14/h14H. The van der Waals surface area contributed by atoms with Crippen LogP contribution in [-0.2, 0) is 0 Å². The number of hydrogen-bond acceptors (Lipinski definition) is 1. The summed E-state index contributed by atoms with van der Waals surface area (Å²) >= 11 is 0. The van der Waals surface area contributed by atoms with E-state index in [1.165, 1.54) is 0 Å². The highest BCUT2D eigenvalue weighted by Gasteiger charge is 2.82. The zero-order chi connectivity index (χ0) is 12.0. The molecular formula is C4HF9O. The second-order valence-electron chi connectivity index (χ2n) is 2.19. The molecule has 0 aromatic rings. The first-order chi connectivity index (χ1) is 5.75. The van der Waals surface area contributed by atoms with Gasteiger partial charge in [0.15, 0.2) is 0 Å². The van der Waals surface area contributed by atoms with Gasteiger partial charge in [-0.2, -0.15) is 39.5 Å². The van der Waals surface area contributed by atoms with Crippen LogP contribution in [-0.4, -0.2) is 29.2 Å². The average molecular weight is 236 g/mol. The van der Waals surface area contributed by atoms with E-state index in [2.05, 4.69) is 0 Å². The maximum atomic E-state index is 11.7. The lowest BCUT2D eigenvalue weighted by atomic mass is 10.1. The van der Waals surface area contributed by atoms with Gasteiger partial charge in [-0.15, -0.1) is 0 Å². The topological polar surface area (TPSA) is 20.2 Å². The summed E-state index contributed by atoms with van der Waals surface area (Å²) in [5, 5.41) is 7.18. The highest BCUT2D eigenvalue weighted by molar-refractivity contribution is 4.95. The van der Waals surface area contributed by atoms with Crippen LogP contribution in [0, 0.1) is 0 Å². The monoisotopic (exact) mass is 236 g/mol. The molecule has 0 fully saturated rings. The van der Waals surface area contributed by atoms with Crippen molar-refractivity contribution >= 4 is 0 Å². The molecule has 0 saturated heterocycles. The summed E-state index contributed by atoms with van der Waals surface area (Å²) in [4.78, 5) is 0. The highest BCUT2D eigenvalue weighted by Crippen LogP contribution is 2.51. The lowest BCUT2D eigenvalue weighted by Crippen LogP contribution is -2.60. The van der Waals surface area contributed by atoms with Crippen molar-refractivity contribution in [2.75, 3.05) is 0 Å². The van der Waals surface area contributed by atoms with E-state index in [0.29, 0.717) is 0 Å². The molecule has 14 heavy (non-hydrogen) atoms. The van der Waals surface area contributed by atoms with Crippen LogP contribution in [0.5, 0.6) is 0 Å². The first-order valence-electron chi connectivity index (χ1n) is 2.67. The quantitative estimate of drug-likeness (QED) is 0.730. The minimum Gasteiger partial charge on any atom is -0.331 e. The predicted molar refractivity (Wildman–Crippen MR) is 23.1 cm³/mol. The third kappa shape index (κ3) is 1.74. The Morgan fingerprint density at radius 3 is 0.929 bits per heavy atom. The summed E-state index contributed by atoms with van der Waals surface area (Å²) in [7, 11) is 0. The summed E-state index contributed by atoms with van der Waals surface area (Å²) in [5.74, 6) is -13.9. The largest absolute Gasteiger partial charge is 0.460 e. The molecule has 0 aliphatic rings. The van der Waals surface area contributed by atoms with Crippen molar-refractivity contribution in [2.45, 2.75) is 24.1 Å². The molecule has 0 heterocycles. The molecule has 0 atom stereocenters. The smallest absolute Gasteiger partial charge is 0.331 e. The van der Waals surface area contributed by atoms with Crippen molar-refractivity contribution in [3.8, 4) is 0 Å². The zero-order valence-electron chi connectivity index (χ0n) is 5.85. The molecule has 0 unspecified atom stereocenters. The molecule has 0 spiro atoms. The van der Waals surface area contributed by atoms with Crippen molar-refractivity contribution in [3.63, 3.8) is 0 Å². The van der Waals surface area contributed by atoms with E-state index in [-0.39, 0.29) is 0 Å². The Morgan fingerprint density at radius 2 is 0.857 bits per heavy atom. The first kappa shape index (κ1) is 13.3. The van der Waals surface area contributed by atoms with Gasteiger partial charge in [0, 0.05) is 0 Å². The summed E-state index contributed by atoms with van der Waals surface area (Å²) in [5.41, 5.74) is 0. The minimum atomic E-state index is -7.02. The Hall–Kier alpha value is -0.670. The number of aliphatic hydroxyl groups is 1.